The van der Waals surface area contributed by atoms with Crippen molar-refractivity contribution in [3.8, 4) is 24.2 Å². The zero-order valence-corrected chi connectivity index (χ0v) is 4.96. The molecule has 0 saturated carbocycles. The van der Waals surface area contributed by atoms with Crippen molar-refractivity contribution >= 4 is 0 Å². The van der Waals surface area contributed by atoms with Gasteiger partial charge < -0.3 is 10.2 Å². The summed E-state index contributed by atoms with van der Waals surface area (Å²) in [5.41, 5.74) is 0. The number of rotatable bonds is 1. The van der Waals surface area contributed by atoms with Gasteiger partial charge in [0, 0.05) is 6.42 Å². The van der Waals surface area contributed by atoms with Gasteiger partial charge in [-0.2, -0.15) is 0 Å². The summed E-state index contributed by atoms with van der Waals surface area (Å²) in [4.78, 5) is 0. The van der Waals surface area contributed by atoms with E-state index in [0.29, 0.717) is 0 Å². The van der Waals surface area contributed by atoms with Gasteiger partial charge in [0.15, 0.2) is 0 Å². The molecular formula is C7H8O2. The lowest BCUT2D eigenvalue weighted by Gasteiger charge is -1.91. The average molecular weight is 124 g/mol. The molecule has 0 fully saturated rings. The van der Waals surface area contributed by atoms with Crippen molar-refractivity contribution < 1.29 is 10.2 Å². The third-order valence-corrected chi connectivity index (χ3v) is 0.659. The van der Waals surface area contributed by atoms with Gasteiger partial charge in [-0.05, 0) is 0 Å². The fraction of sp³-hybridized carbons (Fsp3) is 0.429. The predicted molar refractivity (Wildman–Crippen MR) is 34.3 cm³/mol. The molecule has 0 aromatic carbocycles. The second-order valence-corrected chi connectivity index (χ2v) is 1.40. The van der Waals surface area contributed by atoms with E-state index in [-0.39, 0.29) is 13.0 Å². The number of aliphatic hydroxyl groups is 2. The Morgan fingerprint density at radius 3 is 2.67 bits per heavy atom. The molecule has 2 heteroatoms. The van der Waals surface area contributed by atoms with Crippen LogP contribution in [0.2, 0.25) is 0 Å². The van der Waals surface area contributed by atoms with E-state index in [2.05, 4.69) is 17.8 Å². The number of hydrogen-bond donors (Lipinski definition) is 2. The molecular weight excluding hydrogens is 116 g/mol. The van der Waals surface area contributed by atoms with Crippen LogP contribution in [0.1, 0.15) is 6.42 Å². The van der Waals surface area contributed by atoms with Gasteiger partial charge in [-0.25, -0.2) is 0 Å². The largest absolute Gasteiger partial charge is 0.384 e. The van der Waals surface area contributed by atoms with Crippen molar-refractivity contribution in [3.63, 3.8) is 0 Å². The summed E-state index contributed by atoms with van der Waals surface area (Å²) in [5.74, 6) is 6.88. The zero-order chi connectivity index (χ0) is 7.11. The molecule has 1 atom stereocenters. The number of aliphatic hydroxyl groups excluding tert-OH is 2. The molecule has 9 heavy (non-hydrogen) atoms. The molecule has 0 saturated heterocycles. The Kier molecular flexibility index (Phi) is 4.63. The highest BCUT2D eigenvalue weighted by Gasteiger charge is 1.91. The van der Waals surface area contributed by atoms with Crippen LogP contribution in [-0.4, -0.2) is 22.9 Å². The van der Waals surface area contributed by atoms with Gasteiger partial charge in [-0.3, -0.25) is 0 Å². The number of hydrogen-bond acceptors (Lipinski definition) is 2. The number of terminal acetylenes is 1. The summed E-state index contributed by atoms with van der Waals surface area (Å²) < 4.78 is 0. The zero-order valence-electron chi connectivity index (χ0n) is 4.96. The van der Waals surface area contributed by atoms with Crippen LogP contribution in [0.3, 0.4) is 0 Å². The van der Waals surface area contributed by atoms with E-state index in [1.165, 1.54) is 0 Å². The maximum atomic E-state index is 8.75. The second kappa shape index (κ2) is 5.18. The third-order valence-electron chi connectivity index (χ3n) is 0.659. The molecule has 0 aliphatic carbocycles. The van der Waals surface area contributed by atoms with Gasteiger partial charge in [0.1, 0.15) is 12.7 Å². The molecule has 0 amide bonds. The van der Waals surface area contributed by atoms with Crippen molar-refractivity contribution in [2.75, 3.05) is 6.61 Å². The third kappa shape index (κ3) is 4.90. The predicted octanol–water partition coefficient (Wildman–Crippen LogP) is -0.634. The molecule has 0 aliphatic heterocycles. The fourth-order valence-corrected chi connectivity index (χ4v) is 0.326. The van der Waals surface area contributed by atoms with Gasteiger partial charge >= 0.3 is 0 Å². The first-order chi connectivity index (χ1) is 4.31. The Labute approximate surface area is 54.5 Å². The maximum absolute atomic E-state index is 8.75. The molecule has 0 bridgehead atoms. The lowest BCUT2D eigenvalue weighted by molar-refractivity contribution is 0.238. The van der Waals surface area contributed by atoms with Crippen molar-refractivity contribution in [2.24, 2.45) is 0 Å². The van der Waals surface area contributed by atoms with Crippen LogP contribution in [-0.2, 0) is 0 Å². The van der Waals surface area contributed by atoms with Crippen LogP contribution in [0.4, 0.5) is 0 Å². The monoisotopic (exact) mass is 124 g/mol. The van der Waals surface area contributed by atoms with E-state index in [4.69, 9.17) is 16.6 Å². The van der Waals surface area contributed by atoms with Crippen LogP contribution in [0.5, 0.6) is 0 Å². The Morgan fingerprint density at radius 2 is 2.22 bits per heavy atom. The van der Waals surface area contributed by atoms with E-state index in [1.807, 2.05) is 0 Å². The van der Waals surface area contributed by atoms with Crippen LogP contribution < -0.4 is 0 Å². The van der Waals surface area contributed by atoms with Gasteiger partial charge in [-0.15, -0.1) is 12.3 Å². The van der Waals surface area contributed by atoms with Crippen molar-refractivity contribution in [1.29, 1.82) is 0 Å². The van der Waals surface area contributed by atoms with Gasteiger partial charge in [0.05, 0.1) is 0 Å². The van der Waals surface area contributed by atoms with Crippen molar-refractivity contribution in [3.05, 3.63) is 0 Å². The van der Waals surface area contributed by atoms with E-state index in [1.54, 1.807) is 0 Å². The summed E-state index contributed by atoms with van der Waals surface area (Å²) in [5, 5.41) is 16.9. The smallest absolute Gasteiger partial charge is 0.125 e. The summed E-state index contributed by atoms with van der Waals surface area (Å²) in [6.07, 6.45) is 4.29. The van der Waals surface area contributed by atoms with E-state index >= 15 is 0 Å². The second-order valence-electron chi connectivity index (χ2n) is 1.40. The first-order valence-corrected chi connectivity index (χ1v) is 2.52. The maximum Gasteiger partial charge on any atom is 0.125 e. The molecule has 0 aliphatic rings. The molecule has 0 heterocycles. The molecule has 0 spiro atoms. The highest BCUT2D eigenvalue weighted by Crippen LogP contribution is 1.84. The summed E-state index contributed by atoms with van der Waals surface area (Å²) in [7, 11) is 0. The minimum atomic E-state index is -0.790. The SMILES string of the molecule is C#CCC(O)C#CCO. The minimum absolute atomic E-state index is 0.215. The summed E-state index contributed by atoms with van der Waals surface area (Å²) in [6, 6.07) is 0. The molecule has 2 nitrogen and oxygen atoms in total. The van der Waals surface area contributed by atoms with E-state index in [0.717, 1.165) is 0 Å². The lowest BCUT2D eigenvalue weighted by Crippen LogP contribution is -2.00. The van der Waals surface area contributed by atoms with Crippen LogP contribution in [0.25, 0.3) is 0 Å². The minimum Gasteiger partial charge on any atom is -0.384 e. The van der Waals surface area contributed by atoms with Crippen LogP contribution in [0.15, 0.2) is 0 Å². The average Bonchev–Trinajstić information content (AvgIpc) is 1.85. The van der Waals surface area contributed by atoms with Gasteiger partial charge in [-0.1, -0.05) is 11.8 Å². The van der Waals surface area contributed by atoms with Gasteiger partial charge in [0.25, 0.3) is 0 Å². The Morgan fingerprint density at radius 1 is 1.56 bits per heavy atom. The topological polar surface area (TPSA) is 40.5 Å². The molecule has 48 valence electrons. The molecule has 0 aromatic rings. The molecule has 0 rings (SSSR count). The highest BCUT2D eigenvalue weighted by molar-refractivity contribution is 5.07. The normalized spacial score (nSPS) is 10.8. The standard InChI is InChI=1S/C7H8O2/c1-2-4-7(9)5-3-6-8/h1,7-9H,4,6H2. The van der Waals surface area contributed by atoms with Crippen molar-refractivity contribution in [1.82, 2.24) is 0 Å². The Bertz CT molecular complexity index is 156. The molecule has 2 N–H and O–H groups in total. The highest BCUT2D eigenvalue weighted by atomic mass is 16.3. The summed E-state index contributed by atoms with van der Waals surface area (Å²) >= 11 is 0. The fourth-order valence-electron chi connectivity index (χ4n) is 0.326. The Balaban J connectivity index is 3.51. The Hall–Kier alpha value is -0.960. The first kappa shape index (κ1) is 8.04. The molecule has 1 unspecified atom stereocenters. The van der Waals surface area contributed by atoms with E-state index in [9.17, 15) is 0 Å². The van der Waals surface area contributed by atoms with Crippen LogP contribution >= 0.6 is 0 Å². The van der Waals surface area contributed by atoms with Crippen molar-refractivity contribution in [2.45, 2.75) is 12.5 Å². The van der Waals surface area contributed by atoms with E-state index < -0.39 is 6.10 Å². The lowest BCUT2D eigenvalue weighted by atomic mass is 10.3. The van der Waals surface area contributed by atoms with Gasteiger partial charge in [0.2, 0.25) is 0 Å². The molecule has 0 aromatic heterocycles. The van der Waals surface area contributed by atoms with Crippen LogP contribution in [0, 0.1) is 24.2 Å². The summed E-state index contributed by atoms with van der Waals surface area (Å²) in [6.45, 7) is -0.234. The molecule has 0 radical (unpaired) electrons. The first-order valence-electron chi connectivity index (χ1n) is 2.52. The quantitative estimate of drug-likeness (QED) is 0.457.